The molecule has 0 radical (unpaired) electrons. The minimum Gasteiger partial charge on any atom is -0.381 e. The summed E-state index contributed by atoms with van der Waals surface area (Å²) in [5.74, 6) is 0. The van der Waals surface area contributed by atoms with Crippen LogP contribution in [0.4, 0.5) is 0 Å². The van der Waals surface area contributed by atoms with Crippen LogP contribution in [-0.4, -0.2) is 41.1 Å². The predicted molar refractivity (Wildman–Crippen MR) is 123 cm³/mol. The smallest absolute Gasteiger partial charge is 0.264 e. The van der Waals surface area contributed by atoms with Gasteiger partial charge in [-0.1, -0.05) is 76.6 Å². The summed E-state index contributed by atoms with van der Waals surface area (Å²) in [6, 6.07) is 20.6. The third-order valence-electron chi connectivity index (χ3n) is 4.47. The first kappa shape index (κ1) is 25.0. The summed E-state index contributed by atoms with van der Waals surface area (Å²) < 4.78 is 38.3. The van der Waals surface area contributed by atoms with Gasteiger partial charge in [-0.3, -0.25) is 4.18 Å². The van der Waals surface area contributed by atoms with Gasteiger partial charge in [0.05, 0.1) is 23.8 Å². The molecule has 166 valence electrons. The molecule has 0 aliphatic carbocycles. The van der Waals surface area contributed by atoms with Crippen molar-refractivity contribution >= 4 is 26.0 Å². The molecule has 5 nitrogen and oxygen atoms in total. The Kier molecular flexibility index (Phi) is 11.6. The number of hydrogen-bond acceptors (Lipinski definition) is 5. The van der Waals surface area contributed by atoms with E-state index in [-0.39, 0.29) is 17.5 Å². The lowest BCUT2D eigenvalue weighted by molar-refractivity contribution is 0.0432. The normalized spacial score (nSPS) is 13.8. The monoisotopic (exact) mass is 498 g/mol. The SMILES string of the molecule is CS(=O)(=O)OCCCCOCCCCO[C@H](c1ccccc1)[C@@H](Br)c1ccccc1. The Balaban J connectivity index is 1.66. The number of unbranched alkanes of at least 4 members (excludes halogenated alkanes) is 2. The predicted octanol–water partition coefficient (Wildman–Crippen LogP) is 5.43. The van der Waals surface area contributed by atoms with Crippen molar-refractivity contribution in [3.8, 4) is 0 Å². The van der Waals surface area contributed by atoms with E-state index in [4.69, 9.17) is 13.7 Å². The molecule has 0 saturated heterocycles. The third kappa shape index (κ3) is 10.2. The standard InChI is InChI=1S/C23H31BrO5S/c1-30(25,26)29-19-11-9-17-27-16-8-10-18-28-23(21-14-6-3-7-15-21)22(24)20-12-4-2-5-13-20/h2-7,12-15,22-23H,8-11,16-19H2,1H3/t22-,23+/m0/s1. The van der Waals surface area contributed by atoms with Crippen LogP contribution in [0, 0.1) is 0 Å². The zero-order valence-corrected chi connectivity index (χ0v) is 19.8. The molecule has 30 heavy (non-hydrogen) atoms. The van der Waals surface area contributed by atoms with Crippen LogP contribution < -0.4 is 0 Å². The lowest BCUT2D eigenvalue weighted by Crippen LogP contribution is -2.12. The van der Waals surface area contributed by atoms with E-state index in [1.807, 2.05) is 36.4 Å². The van der Waals surface area contributed by atoms with E-state index in [0.717, 1.165) is 31.1 Å². The van der Waals surface area contributed by atoms with Gasteiger partial charge in [-0.05, 0) is 36.8 Å². The molecule has 2 rings (SSSR count). The molecular weight excluding hydrogens is 468 g/mol. The lowest BCUT2D eigenvalue weighted by Gasteiger charge is -2.24. The molecule has 0 unspecified atom stereocenters. The minimum atomic E-state index is -3.34. The van der Waals surface area contributed by atoms with Crippen molar-refractivity contribution in [2.75, 3.05) is 32.7 Å². The summed E-state index contributed by atoms with van der Waals surface area (Å²) in [5.41, 5.74) is 2.34. The van der Waals surface area contributed by atoms with Crippen molar-refractivity contribution < 1.29 is 22.1 Å². The second-order valence-electron chi connectivity index (χ2n) is 7.07. The van der Waals surface area contributed by atoms with Gasteiger partial charge < -0.3 is 9.47 Å². The Morgan fingerprint density at radius 2 is 1.27 bits per heavy atom. The Hall–Kier alpha value is -1.25. The molecule has 0 N–H and O–H groups in total. The highest BCUT2D eigenvalue weighted by Gasteiger charge is 2.22. The molecule has 0 aromatic heterocycles. The maximum absolute atomic E-state index is 10.9. The molecule has 2 aromatic rings. The van der Waals surface area contributed by atoms with Crippen molar-refractivity contribution in [1.82, 2.24) is 0 Å². The van der Waals surface area contributed by atoms with Crippen LogP contribution in [0.5, 0.6) is 0 Å². The molecule has 0 spiro atoms. The summed E-state index contributed by atoms with van der Waals surface area (Å²) >= 11 is 3.83. The van der Waals surface area contributed by atoms with Crippen LogP contribution in [-0.2, 0) is 23.8 Å². The van der Waals surface area contributed by atoms with Crippen LogP contribution >= 0.6 is 15.9 Å². The van der Waals surface area contributed by atoms with Gasteiger partial charge in [-0.25, -0.2) is 0 Å². The first-order valence-corrected chi connectivity index (χ1v) is 13.0. The van der Waals surface area contributed by atoms with Crippen LogP contribution in [0.2, 0.25) is 0 Å². The van der Waals surface area contributed by atoms with Gasteiger partial charge in [0.2, 0.25) is 0 Å². The number of benzene rings is 2. The summed E-state index contributed by atoms with van der Waals surface area (Å²) in [6.07, 6.45) is 4.27. The minimum absolute atomic E-state index is 0.0654. The Morgan fingerprint density at radius 3 is 1.83 bits per heavy atom. The van der Waals surface area contributed by atoms with Crippen molar-refractivity contribution in [2.24, 2.45) is 0 Å². The average molecular weight is 499 g/mol. The summed E-state index contributed by atoms with van der Waals surface area (Å²) in [6.45, 7) is 2.15. The van der Waals surface area contributed by atoms with Crippen LogP contribution in [0.1, 0.15) is 47.7 Å². The van der Waals surface area contributed by atoms with Gasteiger partial charge >= 0.3 is 0 Å². The fourth-order valence-corrected chi connectivity index (χ4v) is 4.12. The molecule has 0 heterocycles. The highest BCUT2D eigenvalue weighted by molar-refractivity contribution is 9.09. The molecular formula is C23H31BrO5S. The highest BCUT2D eigenvalue weighted by Crippen LogP contribution is 2.38. The molecule has 0 amide bonds. The quantitative estimate of drug-likeness (QED) is 0.186. The van der Waals surface area contributed by atoms with E-state index in [9.17, 15) is 8.42 Å². The van der Waals surface area contributed by atoms with Crippen molar-refractivity contribution in [3.63, 3.8) is 0 Å². The largest absolute Gasteiger partial charge is 0.381 e. The number of ether oxygens (including phenoxy) is 2. The Morgan fingerprint density at radius 1 is 0.767 bits per heavy atom. The second kappa shape index (κ2) is 13.9. The van der Waals surface area contributed by atoms with Crippen molar-refractivity contribution in [3.05, 3.63) is 71.8 Å². The highest BCUT2D eigenvalue weighted by atomic mass is 79.9. The molecule has 0 aliphatic rings. The fourth-order valence-electron chi connectivity index (χ4n) is 2.94. The average Bonchev–Trinajstić information content (AvgIpc) is 2.74. The topological polar surface area (TPSA) is 61.8 Å². The summed E-state index contributed by atoms with van der Waals surface area (Å²) in [5, 5.41) is 0. The molecule has 2 atom stereocenters. The van der Waals surface area contributed by atoms with E-state index in [1.54, 1.807) is 0 Å². The molecule has 0 aliphatic heterocycles. The zero-order valence-electron chi connectivity index (χ0n) is 17.4. The Bertz CT molecular complexity index is 799. The number of rotatable bonds is 15. The van der Waals surface area contributed by atoms with Crippen LogP contribution in [0.3, 0.4) is 0 Å². The molecule has 7 heteroatoms. The Labute approximate surface area is 189 Å². The van der Waals surface area contributed by atoms with Crippen molar-refractivity contribution in [2.45, 2.75) is 36.6 Å². The van der Waals surface area contributed by atoms with Crippen LogP contribution in [0.25, 0.3) is 0 Å². The first-order chi connectivity index (χ1) is 14.5. The van der Waals surface area contributed by atoms with Gasteiger partial charge in [0.15, 0.2) is 0 Å². The second-order valence-corrected chi connectivity index (χ2v) is 9.70. The number of halogens is 1. The van der Waals surface area contributed by atoms with E-state index in [1.165, 1.54) is 5.56 Å². The first-order valence-electron chi connectivity index (χ1n) is 10.2. The maximum atomic E-state index is 10.9. The fraction of sp³-hybridized carbons (Fsp3) is 0.478. The molecule has 2 aromatic carbocycles. The van der Waals surface area contributed by atoms with Crippen LogP contribution in [0.15, 0.2) is 60.7 Å². The van der Waals surface area contributed by atoms with E-state index in [2.05, 4.69) is 40.2 Å². The van der Waals surface area contributed by atoms with Gasteiger partial charge in [0, 0.05) is 19.8 Å². The summed E-state index contributed by atoms with van der Waals surface area (Å²) in [4.78, 5) is 0.0755. The molecule has 0 bridgehead atoms. The molecule has 0 saturated carbocycles. The van der Waals surface area contributed by atoms with E-state index in [0.29, 0.717) is 26.2 Å². The van der Waals surface area contributed by atoms with Gasteiger partial charge in [0.25, 0.3) is 10.1 Å². The van der Waals surface area contributed by atoms with Gasteiger partial charge in [-0.15, -0.1) is 0 Å². The maximum Gasteiger partial charge on any atom is 0.264 e. The van der Waals surface area contributed by atoms with Gasteiger partial charge in [-0.2, -0.15) is 8.42 Å². The van der Waals surface area contributed by atoms with Gasteiger partial charge in [0.1, 0.15) is 0 Å². The summed E-state index contributed by atoms with van der Waals surface area (Å²) in [7, 11) is -3.34. The lowest BCUT2D eigenvalue weighted by atomic mass is 10.0. The number of hydrogen-bond donors (Lipinski definition) is 0. The third-order valence-corrected chi connectivity index (χ3v) is 6.08. The van der Waals surface area contributed by atoms with Crippen molar-refractivity contribution in [1.29, 1.82) is 0 Å². The molecule has 0 fully saturated rings. The van der Waals surface area contributed by atoms with E-state index >= 15 is 0 Å². The number of alkyl halides is 1. The zero-order chi connectivity index (χ0) is 21.7. The van der Waals surface area contributed by atoms with E-state index < -0.39 is 10.1 Å².